The van der Waals surface area contributed by atoms with Gasteiger partial charge in [-0.15, -0.1) is 0 Å². The first kappa shape index (κ1) is 19.4. The first-order valence-electron chi connectivity index (χ1n) is 8.83. The number of sulfonamides is 1. The second-order valence-electron chi connectivity index (χ2n) is 6.56. The van der Waals surface area contributed by atoms with Crippen molar-refractivity contribution in [3.8, 4) is 17.1 Å². The van der Waals surface area contributed by atoms with Crippen LogP contribution >= 0.6 is 0 Å². The van der Waals surface area contributed by atoms with Crippen molar-refractivity contribution in [2.75, 3.05) is 13.7 Å². The first-order valence-corrected chi connectivity index (χ1v) is 10.3. The number of hydrogen-bond donors (Lipinski definition) is 0. The summed E-state index contributed by atoms with van der Waals surface area (Å²) >= 11 is 0. The van der Waals surface area contributed by atoms with E-state index in [0.717, 1.165) is 33.4 Å². The van der Waals surface area contributed by atoms with Crippen molar-refractivity contribution >= 4 is 10.0 Å². The third kappa shape index (κ3) is 3.70. The molecule has 0 spiro atoms. The van der Waals surface area contributed by atoms with Gasteiger partial charge < -0.3 is 4.74 Å². The maximum atomic E-state index is 14.0. The van der Waals surface area contributed by atoms with Crippen molar-refractivity contribution in [3.05, 3.63) is 71.6 Å². The summed E-state index contributed by atoms with van der Waals surface area (Å²) in [6.45, 7) is 0.112. The van der Waals surface area contributed by atoms with Crippen LogP contribution in [0.25, 0.3) is 11.4 Å². The molecule has 0 amide bonds. The van der Waals surface area contributed by atoms with Crippen molar-refractivity contribution in [3.63, 3.8) is 0 Å². The summed E-state index contributed by atoms with van der Waals surface area (Å²) in [7, 11) is -2.60. The normalized spacial score (nSPS) is 14.4. The lowest BCUT2D eigenvalue weighted by Crippen LogP contribution is -2.37. The van der Waals surface area contributed by atoms with Crippen molar-refractivity contribution < 1.29 is 21.9 Å². The molecule has 6 nitrogen and oxygen atoms in total. The van der Waals surface area contributed by atoms with E-state index in [4.69, 9.17) is 4.74 Å². The van der Waals surface area contributed by atoms with Crippen LogP contribution < -0.4 is 4.74 Å². The van der Waals surface area contributed by atoms with Crippen molar-refractivity contribution in [2.45, 2.75) is 17.9 Å². The van der Waals surface area contributed by atoms with Gasteiger partial charge in [-0.25, -0.2) is 27.2 Å². The highest BCUT2D eigenvalue weighted by Crippen LogP contribution is 2.27. The van der Waals surface area contributed by atoms with E-state index in [9.17, 15) is 17.2 Å². The Balaban J connectivity index is 1.61. The van der Waals surface area contributed by atoms with Gasteiger partial charge in [-0.05, 0) is 42.5 Å². The Hall–Kier alpha value is -2.91. The molecule has 0 bridgehead atoms. The van der Waals surface area contributed by atoms with Gasteiger partial charge in [0.05, 0.1) is 12.8 Å². The Morgan fingerprint density at radius 2 is 1.86 bits per heavy atom. The second-order valence-corrected chi connectivity index (χ2v) is 8.46. The summed E-state index contributed by atoms with van der Waals surface area (Å²) in [4.78, 5) is 8.21. The van der Waals surface area contributed by atoms with E-state index in [1.807, 2.05) is 12.1 Å². The number of aromatic nitrogens is 2. The van der Waals surface area contributed by atoms with E-state index in [0.29, 0.717) is 23.9 Å². The lowest BCUT2D eigenvalue weighted by atomic mass is 10.1. The van der Waals surface area contributed by atoms with E-state index in [1.54, 1.807) is 25.4 Å². The summed E-state index contributed by atoms with van der Waals surface area (Å²) in [5, 5.41) is 0. The molecule has 1 aliphatic rings. The zero-order valence-electron chi connectivity index (χ0n) is 15.5. The van der Waals surface area contributed by atoms with Gasteiger partial charge in [-0.1, -0.05) is 0 Å². The Bertz CT molecular complexity index is 1170. The summed E-state index contributed by atoms with van der Waals surface area (Å²) in [5.41, 5.74) is 2.18. The van der Waals surface area contributed by atoms with E-state index in [1.165, 1.54) is 0 Å². The summed E-state index contributed by atoms with van der Waals surface area (Å²) in [5.74, 6) is -0.547. The maximum Gasteiger partial charge on any atom is 0.246 e. The Morgan fingerprint density at radius 1 is 1.10 bits per heavy atom. The summed E-state index contributed by atoms with van der Waals surface area (Å²) < 4.78 is 59.3. The van der Waals surface area contributed by atoms with Gasteiger partial charge in [0.2, 0.25) is 10.0 Å². The van der Waals surface area contributed by atoms with Crippen LogP contribution in [0, 0.1) is 11.6 Å². The van der Waals surface area contributed by atoms with Gasteiger partial charge >= 0.3 is 0 Å². The molecule has 3 aromatic rings. The van der Waals surface area contributed by atoms with Crippen LogP contribution in [-0.2, 0) is 23.0 Å². The van der Waals surface area contributed by atoms with Crippen LogP contribution in [0.3, 0.4) is 0 Å². The topological polar surface area (TPSA) is 72.4 Å². The Kier molecular flexibility index (Phi) is 5.01. The summed E-state index contributed by atoms with van der Waals surface area (Å²) in [6.07, 6.45) is 1.92. The number of fused-ring (bicyclic) bond motifs is 1. The fourth-order valence-electron chi connectivity index (χ4n) is 3.19. The van der Waals surface area contributed by atoms with E-state index >= 15 is 0 Å². The molecule has 0 radical (unpaired) electrons. The summed E-state index contributed by atoms with van der Waals surface area (Å²) in [6, 6.07) is 9.68. The number of benzene rings is 2. The zero-order chi connectivity index (χ0) is 20.6. The molecule has 2 aromatic carbocycles. The number of methoxy groups -OCH3 is 1. The fourth-order valence-corrected chi connectivity index (χ4v) is 4.68. The van der Waals surface area contributed by atoms with Crippen LogP contribution in [0.1, 0.15) is 11.3 Å². The maximum absolute atomic E-state index is 14.0. The molecule has 4 rings (SSSR count). The average Bonchev–Trinajstić information content (AvgIpc) is 2.74. The largest absolute Gasteiger partial charge is 0.497 e. The van der Waals surface area contributed by atoms with E-state index in [-0.39, 0.29) is 13.1 Å². The molecule has 0 aliphatic carbocycles. The highest BCUT2D eigenvalue weighted by molar-refractivity contribution is 7.89. The SMILES string of the molecule is COc1ccc(-c2ncc3c(n2)CCN(S(=O)(=O)c2cc(F)ccc2F)C3)cc1. The second kappa shape index (κ2) is 7.49. The predicted molar refractivity (Wildman–Crippen MR) is 102 cm³/mol. The van der Waals surface area contributed by atoms with Gasteiger partial charge in [-0.2, -0.15) is 4.31 Å². The van der Waals surface area contributed by atoms with Gasteiger partial charge in [0.25, 0.3) is 0 Å². The molecule has 29 heavy (non-hydrogen) atoms. The molecule has 0 unspecified atom stereocenters. The monoisotopic (exact) mass is 417 g/mol. The number of rotatable bonds is 4. The average molecular weight is 417 g/mol. The smallest absolute Gasteiger partial charge is 0.246 e. The van der Waals surface area contributed by atoms with E-state index in [2.05, 4.69) is 9.97 Å². The number of hydrogen-bond acceptors (Lipinski definition) is 5. The molecule has 1 aliphatic heterocycles. The van der Waals surface area contributed by atoms with Crippen LogP contribution in [0.5, 0.6) is 5.75 Å². The molecule has 9 heteroatoms. The number of nitrogens with zero attached hydrogens (tertiary/aromatic N) is 3. The van der Waals surface area contributed by atoms with Crippen molar-refractivity contribution in [1.29, 1.82) is 0 Å². The minimum Gasteiger partial charge on any atom is -0.497 e. The van der Waals surface area contributed by atoms with Crippen LogP contribution in [0.4, 0.5) is 8.78 Å². The minimum absolute atomic E-state index is 0.00346. The van der Waals surface area contributed by atoms with Gasteiger partial charge in [0, 0.05) is 36.8 Å². The number of ether oxygens (including phenoxy) is 1. The molecule has 0 saturated heterocycles. The molecule has 150 valence electrons. The van der Waals surface area contributed by atoms with Gasteiger partial charge in [0.15, 0.2) is 5.82 Å². The molecular weight excluding hydrogens is 400 g/mol. The van der Waals surface area contributed by atoms with Crippen molar-refractivity contribution in [2.24, 2.45) is 0 Å². The molecule has 0 atom stereocenters. The van der Waals surface area contributed by atoms with Gasteiger partial charge in [-0.3, -0.25) is 0 Å². The molecule has 0 saturated carbocycles. The third-order valence-electron chi connectivity index (χ3n) is 4.76. The molecule has 2 heterocycles. The van der Waals surface area contributed by atoms with Crippen molar-refractivity contribution in [1.82, 2.24) is 14.3 Å². The quantitative estimate of drug-likeness (QED) is 0.652. The lowest BCUT2D eigenvalue weighted by Gasteiger charge is -2.27. The molecule has 0 N–H and O–H groups in total. The first-order chi connectivity index (χ1) is 13.9. The molecule has 1 aromatic heterocycles. The highest BCUT2D eigenvalue weighted by atomic mass is 32.2. The molecular formula is C20H17F2N3O3S. The Labute approximate surface area is 166 Å². The minimum atomic E-state index is -4.18. The lowest BCUT2D eigenvalue weighted by molar-refractivity contribution is 0.383. The zero-order valence-corrected chi connectivity index (χ0v) is 16.3. The third-order valence-corrected chi connectivity index (χ3v) is 6.62. The van der Waals surface area contributed by atoms with Crippen LogP contribution in [0.2, 0.25) is 0 Å². The Morgan fingerprint density at radius 3 is 2.59 bits per heavy atom. The van der Waals surface area contributed by atoms with Gasteiger partial charge in [0.1, 0.15) is 22.3 Å². The standard InChI is InChI=1S/C20H17F2N3O3S/c1-28-16-5-2-13(3-6-16)20-23-11-14-12-25(9-8-18(14)24-20)29(26,27)19-10-15(21)4-7-17(19)22/h2-7,10-11H,8-9,12H2,1H3. The van der Waals surface area contributed by atoms with Crippen LogP contribution in [-0.4, -0.2) is 36.3 Å². The predicted octanol–water partition coefficient (Wildman–Crippen LogP) is 3.18. The number of halogens is 2. The molecule has 0 fully saturated rings. The fraction of sp³-hybridized carbons (Fsp3) is 0.200. The van der Waals surface area contributed by atoms with E-state index < -0.39 is 26.6 Å². The highest BCUT2D eigenvalue weighted by Gasteiger charge is 2.31. The van der Waals surface area contributed by atoms with Crippen LogP contribution in [0.15, 0.2) is 53.6 Å².